The van der Waals surface area contributed by atoms with Crippen molar-refractivity contribution in [1.82, 2.24) is 0 Å². The maximum Gasteiger partial charge on any atom is 0.0779 e. The molecule has 2 unspecified atom stereocenters. The Morgan fingerprint density at radius 3 is 1.74 bits per heavy atom. The Labute approximate surface area is 116 Å². The lowest BCUT2D eigenvalue weighted by Gasteiger charge is -2.13. The van der Waals surface area contributed by atoms with E-state index < -0.39 is 0 Å². The van der Waals surface area contributed by atoms with E-state index in [0.29, 0.717) is 33.0 Å². The van der Waals surface area contributed by atoms with Gasteiger partial charge in [-0.05, 0) is 13.8 Å². The fourth-order valence-electron chi connectivity index (χ4n) is 0.807. The average Bonchev–Trinajstić information content (AvgIpc) is 2.44. The fourth-order valence-corrected chi connectivity index (χ4v) is 0.807. The fraction of sp³-hybridized carbons (Fsp3) is 1.00. The van der Waals surface area contributed by atoms with Crippen LogP contribution in [0.1, 0.15) is 13.8 Å². The van der Waals surface area contributed by atoms with Crippen LogP contribution in [0.4, 0.5) is 0 Å². The van der Waals surface area contributed by atoms with Crippen molar-refractivity contribution in [3.05, 3.63) is 0 Å². The highest BCUT2D eigenvalue weighted by Gasteiger charge is 2.03. The molecule has 1 N–H and O–H groups in total. The minimum atomic E-state index is -0.0856. The maximum absolute atomic E-state index is 8.55. The Hall–Kier alpha value is -0.240. The monoisotopic (exact) mass is 282 g/mol. The molecule has 0 aliphatic rings. The minimum absolute atomic E-state index is 0.0659. The first-order valence-corrected chi connectivity index (χ1v) is 6.43. The molecule has 118 valence electrons. The zero-order valence-corrected chi connectivity index (χ0v) is 12.9. The molecule has 0 aromatic carbocycles. The predicted octanol–water partition coefficient (Wildman–Crippen LogP) is 0.715. The number of rotatable bonds is 11. The van der Waals surface area contributed by atoms with Gasteiger partial charge >= 0.3 is 0 Å². The van der Waals surface area contributed by atoms with Crippen molar-refractivity contribution in [2.24, 2.45) is 0 Å². The summed E-state index contributed by atoms with van der Waals surface area (Å²) >= 11 is 0. The molecule has 6 nitrogen and oxygen atoms in total. The molecule has 19 heavy (non-hydrogen) atoms. The van der Waals surface area contributed by atoms with Crippen LogP contribution in [0.3, 0.4) is 0 Å². The molecular weight excluding hydrogens is 252 g/mol. The number of hydrogen-bond acceptors (Lipinski definition) is 6. The summed E-state index contributed by atoms with van der Waals surface area (Å²) in [5.41, 5.74) is 0. The summed E-state index contributed by atoms with van der Waals surface area (Å²) < 4.78 is 24.7. The van der Waals surface area contributed by atoms with Gasteiger partial charge < -0.3 is 28.8 Å². The highest BCUT2D eigenvalue weighted by molar-refractivity contribution is 4.49. The molecule has 0 rings (SSSR count). The van der Waals surface area contributed by atoms with Gasteiger partial charge in [0, 0.05) is 21.3 Å². The van der Waals surface area contributed by atoms with Gasteiger partial charge in [-0.1, -0.05) is 0 Å². The number of hydrogen-bond donors (Lipinski definition) is 1. The van der Waals surface area contributed by atoms with Crippen molar-refractivity contribution in [3.8, 4) is 0 Å². The van der Waals surface area contributed by atoms with Crippen LogP contribution < -0.4 is 0 Å². The van der Waals surface area contributed by atoms with Gasteiger partial charge in [0.15, 0.2) is 0 Å². The Morgan fingerprint density at radius 1 is 0.842 bits per heavy atom. The summed E-state index contributed by atoms with van der Waals surface area (Å²) in [4.78, 5) is 0. The lowest BCUT2D eigenvalue weighted by Crippen LogP contribution is -2.21. The third-order valence-electron chi connectivity index (χ3n) is 2.14. The van der Waals surface area contributed by atoms with Crippen LogP contribution in [0.25, 0.3) is 0 Å². The number of aliphatic hydroxyl groups is 1. The van der Waals surface area contributed by atoms with Crippen LogP contribution in [0, 0.1) is 0 Å². The van der Waals surface area contributed by atoms with Gasteiger partial charge in [-0.3, -0.25) is 0 Å². The first-order valence-electron chi connectivity index (χ1n) is 6.43. The standard InChI is InChI=1S/C7H16O3.C6H14O3/c1-6(4-8)10-5-7(2)9-3;1-7-3-5-9-6-4-8-2/h6-8H,4-5H2,1-3H3;3-6H2,1-2H3. The van der Waals surface area contributed by atoms with Crippen molar-refractivity contribution in [3.63, 3.8) is 0 Å². The first kappa shape index (κ1) is 21.1. The third-order valence-corrected chi connectivity index (χ3v) is 2.14. The summed E-state index contributed by atoms with van der Waals surface area (Å²) in [5, 5.41) is 8.55. The number of ether oxygens (including phenoxy) is 5. The van der Waals surface area contributed by atoms with Crippen molar-refractivity contribution < 1.29 is 28.8 Å². The van der Waals surface area contributed by atoms with E-state index in [1.165, 1.54) is 0 Å². The molecule has 6 heteroatoms. The van der Waals surface area contributed by atoms with Crippen LogP contribution >= 0.6 is 0 Å². The zero-order valence-electron chi connectivity index (χ0n) is 12.9. The van der Waals surface area contributed by atoms with E-state index in [2.05, 4.69) is 0 Å². The average molecular weight is 282 g/mol. The zero-order chi connectivity index (χ0) is 14.9. The molecule has 0 aromatic rings. The van der Waals surface area contributed by atoms with E-state index in [9.17, 15) is 0 Å². The molecular formula is C13H30O6. The molecule has 0 bridgehead atoms. The molecule has 0 saturated carbocycles. The van der Waals surface area contributed by atoms with E-state index in [4.69, 9.17) is 28.8 Å². The molecule has 0 aromatic heterocycles. The van der Waals surface area contributed by atoms with E-state index in [-0.39, 0.29) is 18.8 Å². The molecule has 0 spiro atoms. The topological polar surface area (TPSA) is 66.4 Å². The van der Waals surface area contributed by atoms with Gasteiger partial charge in [-0.15, -0.1) is 0 Å². The normalized spacial score (nSPS) is 13.6. The van der Waals surface area contributed by atoms with E-state index >= 15 is 0 Å². The second-order valence-electron chi connectivity index (χ2n) is 3.97. The van der Waals surface area contributed by atoms with Gasteiger partial charge in [0.05, 0.1) is 51.8 Å². The molecule has 0 saturated heterocycles. The predicted molar refractivity (Wildman–Crippen MR) is 73.5 cm³/mol. The van der Waals surface area contributed by atoms with Crippen molar-refractivity contribution in [2.45, 2.75) is 26.1 Å². The largest absolute Gasteiger partial charge is 0.394 e. The molecule has 2 atom stereocenters. The van der Waals surface area contributed by atoms with E-state index in [1.807, 2.05) is 13.8 Å². The van der Waals surface area contributed by atoms with Crippen LogP contribution in [0.15, 0.2) is 0 Å². The Morgan fingerprint density at radius 2 is 1.37 bits per heavy atom. The summed E-state index contributed by atoms with van der Waals surface area (Å²) in [6.07, 6.45) is 0.0200. The van der Waals surface area contributed by atoms with Gasteiger partial charge in [0.2, 0.25) is 0 Å². The van der Waals surface area contributed by atoms with Crippen molar-refractivity contribution in [1.29, 1.82) is 0 Å². The summed E-state index contributed by atoms with van der Waals surface area (Å²) in [5.74, 6) is 0. The molecule has 0 aliphatic heterocycles. The molecule has 0 fully saturated rings. The Balaban J connectivity index is 0. The van der Waals surface area contributed by atoms with Gasteiger partial charge in [-0.25, -0.2) is 0 Å². The molecule has 0 aliphatic carbocycles. The second-order valence-corrected chi connectivity index (χ2v) is 3.97. The molecule has 0 heterocycles. The summed E-state index contributed by atoms with van der Waals surface area (Å²) in [6, 6.07) is 0. The Kier molecular flexibility index (Phi) is 19.7. The smallest absolute Gasteiger partial charge is 0.0779 e. The van der Waals surface area contributed by atoms with Crippen LogP contribution in [0.2, 0.25) is 0 Å². The first-order chi connectivity index (χ1) is 9.12. The lowest BCUT2D eigenvalue weighted by molar-refractivity contribution is -0.0313. The minimum Gasteiger partial charge on any atom is -0.394 e. The van der Waals surface area contributed by atoms with Crippen LogP contribution in [-0.4, -0.2) is 78.3 Å². The Bertz CT molecular complexity index is 140. The van der Waals surface area contributed by atoms with Crippen LogP contribution in [-0.2, 0) is 23.7 Å². The number of aliphatic hydroxyl groups excluding tert-OH is 1. The number of methoxy groups -OCH3 is 3. The SMILES string of the molecule is COC(C)COC(C)CO.COCCOCCOC. The maximum atomic E-state index is 8.55. The quantitative estimate of drug-likeness (QED) is 0.563. The second kappa shape index (κ2) is 17.8. The van der Waals surface area contributed by atoms with Crippen LogP contribution in [0.5, 0.6) is 0 Å². The van der Waals surface area contributed by atoms with E-state index in [0.717, 1.165) is 0 Å². The van der Waals surface area contributed by atoms with Gasteiger partial charge in [0.25, 0.3) is 0 Å². The molecule has 0 radical (unpaired) electrons. The van der Waals surface area contributed by atoms with Crippen molar-refractivity contribution in [2.75, 3.05) is 61.0 Å². The van der Waals surface area contributed by atoms with Gasteiger partial charge in [-0.2, -0.15) is 0 Å². The third kappa shape index (κ3) is 20.2. The lowest BCUT2D eigenvalue weighted by atomic mass is 10.4. The summed E-state index contributed by atoms with van der Waals surface area (Å²) in [6.45, 7) is 6.97. The van der Waals surface area contributed by atoms with Gasteiger partial charge in [0.1, 0.15) is 0 Å². The molecule has 0 amide bonds. The summed E-state index contributed by atoms with van der Waals surface area (Å²) in [7, 11) is 4.94. The highest BCUT2D eigenvalue weighted by Crippen LogP contribution is 1.93. The van der Waals surface area contributed by atoms with Crippen molar-refractivity contribution >= 4 is 0 Å². The van der Waals surface area contributed by atoms with E-state index in [1.54, 1.807) is 21.3 Å². The highest BCUT2D eigenvalue weighted by atomic mass is 16.5.